The molecule has 2 aliphatic rings. The summed E-state index contributed by atoms with van der Waals surface area (Å²) in [6.07, 6.45) is 2.29. The number of nitrogens with one attached hydrogen (secondary N) is 1. The Morgan fingerprint density at radius 3 is 2.66 bits per heavy atom. The molecule has 2 atom stereocenters. The van der Waals surface area contributed by atoms with Crippen molar-refractivity contribution < 1.29 is 9.53 Å². The molecule has 6 heteroatoms. The van der Waals surface area contributed by atoms with Gasteiger partial charge in [-0.05, 0) is 59.8 Å². The molecular formula is C23H31N3O2S. The number of benzene rings is 1. The lowest BCUT2D eigenvalue weighted by Crippen LogP contribution is -2.44. The Morgan fingerprint density at radius 1 is 1.17 bits per heavy atom. The summed E-state index contributed by atoms with van der Waals surface area (Å²) in [5.41, 5.74) is 3.81. The van der Waals surface area contributed by atoms with E-state index in [9.17, 15) is 4.79 Å². The first-order valence-corrected chi connectivity index (χ1v) is 11.6. The third kappa shape index (κ3) is 5.25. The summed E-state index contributed by atoms with van der Waals surface area (Å²) in [5, 5.41) is 7.48. The number of thiophene rings is 1. The Bertz CT molecular complexity index is 772. The van der Waals surface area contributed by atoms with E-state index in [1.165, 1.54) is 11.1 Å². The summed E-state index contributed by atoms with van der Waals surface area (Å²) in [7, 11) is 0. The second-order valence-corrected chi connectivity index (χ2v) is 8.83. The molecule has 1 aromatic heterocycles. The van der Waals surface area contributed by atoms with Crippen molar-refractivity contribution in [3.63, 3.8) is 0 Å². The van der Waals surface area contributed by atoms with E-state index in [4.69, 9.17) is 4.74 Å². The number of hydrogen-bond donors (Lipinski definition) is 1. The van der Waals surface area contributed by atoms with Crippen molar-refractivity contribution in [2.24, 2.45) is 0 Å². The predicted molar refractivity (Wildman–Crippen MR) is 117 cm³/mol. The fourth-order valence-corrected chi connectivity index (χ4v) is 5.05. The average Bonchev–Trinajstić information content (AvgIpc) is 3.45. The maximum absolute atomic E-state index is 12.8. The van der Waals surface area contributed by atoms with E-state index in [0.29, 0.717) is 12.6 Å². The second-order valence-electron chi connectivity index (χ2n) is 8.05. The molecule has 0 aliphatic carbocycles. The molecule has 2 fully saturated rings. The van der Waals surface area contributed by atoms with Gasteiger partial charge in [0.25, 0.3) is 0 Å². The van der Waals surface area contributed by atoms with Crippen LogP contribution in [-0.2, 0) is 22.6 Å². The fraction of sp³-hybridized carbons (Fsp3) is 0.522. The first-order valence-electron chi connectivity index (χ1n) is 10.6. The van der Waals surface area contributed by atoms with Gasteiger partial charge in [0.1, 0.15) is 0 Å². The lowest BCUT2D eigenvalue weighted by molar-refractivity contribution is -0.126. The zero-order valence-electron chi connectivity index (χ0n) is 17.2. The lowest BCUT2D eigenvalue weighted by Gasteiger charge is -2.29. The van der Waals surface area contributed by atoms with Gasteiger partial charge in [0.05, 0.1) is 19.3 Å². The first kappa shape index (κ1) is 20.5. The first-order chi connectivity index (χ1) is 14.2. The molecule has 0 radical (unpaired) electrons. The van der Waals surface area contributed by atoms with Crippen LogP contribution in [0.5, 0.6) is 0 Å². The number of morpholine rings is 1. The minimum absolute atomic E-state index is 0.108. The van der Waals surface area contributed by atoms with E-state index >= 15 is 0 Å². The maximum Gasteiger partial charge on any atom is 0.237 e. The Balaban J connectivity index is 1.27. The van der Waals surface area contributed by atoms with Crippen molar-refractivity contribution in [3.05, 3.63) is 57.8 Å². The van der Waals surface area contributed by atoms with Crippen molar-refractivity contribution in [2.45, 2.75) is 44.9 Å². The van der Waals surface area contributed by atoms with Crippen LogP contribution in [0.15, 0.2) is 41.1 Å². The second kappa shape index (κ2) is 9.85. The number of amides is 1. The van der Waals surface area contributed by atoms with Crippen LogP contribution in [0, 0.1) is 0 Å². The SMILES string of the molecule is CC(C(=O)NCc1ccc(CN2CCOCC2)cc1)N1CCCC1c1ccsc1. The van der Waals surface area contributed by atoms with E-state index in [1.54, 1.807) is 11.3 Å². The summed E-state index contributed by atoms with van der Waals surface area (Å²) >= 11 is 1.73. The molecule has 0 spiro atoms. The number of rotatable bonds is 7. The van der Waals surface area contributed by atoms with E-state index < -0.39 is 0 Å². The molecule has 0 bridgehead atoms. The Kier molecular flexibility index (Phi) is 6.98. The van der Waals surface area contributed by atoms with Gasteiger partial charge >= 0.3 is 0 Å². The highest BCUT2D eigenvalue weighted by atomic mass is 32.1. The molecule has 5 nitrogen and oxygen atoms in total. The summed E-state index contributed by atoms with van der Waals surface area (Å²) < 4.78 is 5.41. The van der Waals surface area contributed by atoms with Gasteiger partial charge in [0.2, 0.25) is 5.91 Å². The Labute approximate surface area is 177 Å². The third-order valence-corrected chi connectivity index (χ3v) is 6.80. The fourth-order valence-electron chi connectivity index (χ4n) is 4.34. The van der Waals surface area contributed by atoms with Crippen LogP contribution >= 0.6 is 11.3 Å². The van der Waals surface area contributed by atoms with Crippen molar-refractivity contribution in [1.29, 1.82) is 0 Å². The van der Waals surface area contributed by atoms with Gasteiger partial charge in [-0.15, -0.1) is 0 Å². The molecule has 29 heavy (non-hydrogen) atoms. The zero-order valence-corrected chi connectivity index (χ0v) is 18.0. The van der Waals surface area contributed by atoms with Crippen molar-refractivity contribution in [1.82, 2.24) is 15.1 Å². The van der Waals surface area contributed by atoms with E-state index in [-0.39, 0.29) is 11.9 Å². The summed E-state index contributed by atoms with van der Waals surface area (Å²) in [4.78, 5) is 17.5. The molecule has 3 heterocycles. The van der Waals surface area contributed by atoms with Crippen LogP contribution in [0.4, 0.5) is 0 Å². The highest BCUT2D eigenvalue weighted by molar-refractivity contribution is 7.07. The highest BCUT2D eigenvalue weighted by Crippen LogP contribution is 2.34. The van der Waals surface area contributed by atoms with E-state index in [0.717, 1.165) is 57.8 Å². The van der Waals surface area contributed by atoms with Crippen LogP contribution in [0.2, 0.25) is 0 Å². The molecular weight excluding hydrogens is 382 g/mol. The minimum atomic E-state index is -0.108. The molecule has 2 aliphatic heterocycles. The summed E-state index contributed by atoms with van der Waals surface area (Å²) in [6.45, 7) is 8.22. The molecule has 4 rings (SSSR count). The van der Waals surface area contributed by atoms with Crippen LogP contribution in [0.3, 0.4) is 0 Å². The normalized spacial score (nSPS) is 21.9. The highest BCUT2D eigenvalue weighted by Gasteiger charge is 2.32. The maximum atomic E-state index is 12.8. The number of carbonyl (C=O) groups is 1. The monoisotopic (exact) mass is 413 g/mol. The van der Waals surface area contributed by atoms with E-state index in [2.05, 4.69) is 56.2 Å². The quantitative estimate of drug-likeness (QED) is 0.755. The predicted octanol–water partition coefficient (Wildman–Crippen LogP) is 3.42. The molecule has 0 saturated carbocycles. The van der Waals surface area contributed by atoms with Crippen LogP contribution in [-0.4, -0.2) is 54.6 Å². The standard InChI is InChI=1S/C23H31N3O2S/c1-18(26-9-2-3-22(26)21-8-14-29-17-21)23(27)24-15-19-4-6-20(7-5-19)16-25-10-12-28-13-11-25/h4-8,14,17-18,22H,2-3,9-13,15-16H2,1H3,(H,24,27). The van der Waals surface area contributed by atoms with Gasteiger partial charge in [-0.3, -0.25) is 14.6 Å². The number of ether oxygens (including phenoxy) is 1. The largest absolute Gasteiger partial charge is 0.379 e. The van der Waals surface area contributed by atoms with Crippen LogP contribution < -0.4 is 5.32 Å². The average molecular weight is 414 g/mol. The smallest absolute Gasteiger partial charge is 0.237 e. The Hall–Kier alpha value is -1.73. The van der Waals surface area contributed by atoms with Gasteiger partial charge in [0.15, 0.2) is 0 Å². The van der Waals surface area contributed by atoms with Gasteiger partial charge in [0, 0.05) is 32.2 Å². The topological polar surface area (TPSA) is 44.8 Å². The van der Waals surface area contributed by atoms with Crippen molar-refractivity contribution >= 4 is 17.2 Å². The number of nitrogens with zero attached hydrogens (tertiary/aromatic N) is 2. The number of likely N-dealkylation sites (tertiary alicyclic amines) is 1. The zero-order chi connectivity index (χ0) is 20.1. The van der Waals surface area contributed by atoms with Crippen molar-refractivity contribution in [3.8, 4) is 0 Å². The molecule has 2 aromatic rings. The molecule has 156 valence electrons. The minimum Gasteiger partial charge on any atom is -0.379 e. The molecule has 1 aromatic carbocycles. The Morgan fingerprint density at radius 2 is 1.93 bits per heavy atom. The van der Waals surface area contributed by atoms with Gasteiger partial charge in [-0.25, -0.2) is 0 Å². The molecule has 1 N–H and O–H groups in total. The van der Waals surface area contributed by atoms with Gasteiger partial charge < -0.3 is 10.1 Å². The van der Waals surface area contributed by atoms with Crippen LogP contribution in [0.1, 0.15) is 42.5 Å². The molecule has 2 saturated heterocycles. The lowest BCUT2D eigenvalue weighted by atomic mass is 10.1. The number of hydrogen-bond acceptors (Lipinski definition) is 5. The van der Waals surface area contributed by atoms with Crippen LogP contribution in [0.25, 0.3) is 0 Å². The van der Waals surface area contributed by atoms with Gasteiger partial charge in [-0.1, -0.05) is 24.3 Å². The molecule has 1 amide bonds. The van der Waals surface area contributed by atoms with E-state index in [1.807, 2.05) is 6.92 Å². The third-order valence-electron chi connectivity index (χ3n) is 6.10. The van der Waals surface area contributed by atoms with Gasteiger partial charge in [-0.2, -0.15) is 11.3 Å². The number of carbonyl (C=O) groups excluding carboxylic acids is 1. The summed E-state index contributed by atoms with van der Waals surface area (Å²) in [5.74, 6) is 0.115. The summed E-state index contributed by atoms with van der Waals surface area (Å²) in [6, 6.07) is 11.1. The molecule has 2 unspecified atom stereocenters. The van der Waals surface area contributed by atoms with Crippen molar-refractivity contribution in [2.75, 3.05) is 32.8 Å².